The summed E-state index contributed by atoms with van der Waals surface area (Å²) in [6, 6.07) is 2.99. The molecule has 0 saturated carbocycles. The smallest absolute Gasteiger partial charge is 0.324 e. The van der Waals surface area contributed by atoms with E-state index < -0.39 is 6.03 Å². The first kappa shape index (κ1) is 20.6. The highest BCUT2D eigenvalue weighted by Gasteiger charge is 2.16. The second kappa shape index (κ2) is 8.94. The Kier molecular flexibility index (Phi) is 6.36. The third-order valence-electron chi connectivity index (χ3n) is 4.11. The van der Waals surface area contributed by atoms with Gasteiger partial charge in [0, 0.05) is 41.1 Å². The molecule has 1 unspecified atom stereocenters. The molecule has 0 aliphatic carbocycles. The number of hydrogen-bond acceptors (Lipinski definition) is 6. The van der Waals surface area contributed by atoms with E-state index in [2.05, 4.69) is 25.6 Å². The van der Waals surface area contributed by atoms with Crippen LogP contribution in [0.25, 0.3) is 22.0 Å². The number of rotatable bonds is 5. The second-order valence-electron chi connectivity index (χ2n) is 6.08. The van der Waals surface area contributed by atoms with Crippen LogP contribution < -0.4 is 16.4 Å². The summed E-state index contributed by atoms with van der Waals surface area (Å²) in [5.41, 5.74) is 8.78. The molecule has 3 aromatic rings. The molecule has 0 bridgehead atoms. The lowest BCUT2D eigenvalue weighted by molar-refractivity contribution is 0.254. The number of nitrogens with zero attached hydrogens (tertiary/aromatic N) is 3. The number of nitrogens with one attached hydrogen (secondary N) is 3. The molecule has 5 N–H and O–H groups in total. The Morgan fingerprint density at radius 1 is 1.34 bits per heavy atom. The maximum atomic E-state index is 12.2. The van der Waals surface area contributed by atoms with Crippen LogP contribution in [-0.4, -0.2) is 33.9 Å². The molecule has 1 atom stereocenters. The average Bonchev–Trinajstić information content (AvgIpc) is 2.71. The third-order valence-corrected chi connectivity index (χ3v) is 5.09. The van der Waals surface area contributed by atoms with Gasteiger partial charge in [-0.15, -0.1) is 0 Å². The summed E-state index contributed by atoms with van der Waals surface area (Å²) < 4.78 is 0. The van der Waals surface area contributed by atoms with Crippen molar-refractivity contribution in [1.29, 1.82) is 5.41 Å². The molecule has 0 aliphatic rings. The molecule has 3 aromatic heterocycles. The van der Waals surface area contributed by atoms with Crippen molar-refractivity contribution >= 4 is 54.8 Å². The van der Waals surface area contributed by atoms with E-state index in [1.165, 1.54) is 6.20 Å². The van der Waals surface area contributed by atoms with E-state index in [1.54, 1.807) is 24.3 Å². The van der Waals surface area contributed by atoms with Crippen molar-refractivity contribution in [3.05, 3.63) is 52.8 Å². The maximum absolute atomic E-state index is 12.2. The van der Waals surface area contributed by atoms with Crippen LogP contribution in [0, 0.1) is 12.3 Å². The Hall–Kier alpha value is -3.09. The van der Waals surface area contributed by atoms with Crippen molar-refractivity contribution in [1.82, 2.24) is 20.3 Å². The largest absolute Gasteiger partial charge is 0.383 e. The number of urea groups is 1. The summed E-state index contributed by atoms with van der Waals surface area (Å²) >= 11 is 6.64. The third kappa shape index (κ3) is 4.50. The van der Waals surface area contributed by atoms with Gasteiger partial charge in [-0.05, 0) is 37.1 Å². The standard InChI is InChI=1S/C19H19ClN7OP/c1-10-3-4-23-7-13(10)17-16(20)12-5-15(24-8-14(12)18(22)27-17)26-19(28)25-11(6-21)9-29-2/h3-9,21,29H,1-2H3,(H2,22,27)(H2,24,25,26,28)/b11-9+,21-6?. The van der Waals surface area contributed by atoms with Crippen LogP contribution in [0.2, 0.25) is 5.02 Å². The Labute approximate surface area is 174 Å². The maximum Gasteiger partial charge on any atom is 0.324 e. The van der Waals surface area contributed by atoms with Gasteiger partial charge in [0.15, 0.2) is 0 Å². The van der Waals surface area contributed by atoms with E-state index in [-0.39, 0.29) is 5.82 Å². The Bertz CT molecular complexity index is 1130. The summed E-state index contributed by atoms with van der Waals surface area (Å²) in [5, 5.41) is 14.1. The minimum absolute atomic E-state index is 0.282. The number of aromatic nitrogens is 3. The van der Waals surface area contributed by atoms with Gasteiger partial charge in [0.1, 0.15) is 11.6 Å². The van der Waals surface area contributed by atoms with Gasteiger partial charge in [-0.25, -0.2) is 14.8 Å². The zero-order chi connectivity index (χ0) is 21.0. The summed E-state index contributed by atoms with van der Waals surface area (Å²) in [5.74, 6) is 2.33. The monoisotopic (exact) mass is 427 g/mol. The van der Waals surface area contributed by atoms with Gasteiger partial charge < -0.3 is 16.5 Å². The van der Waals surface area contributed by atoms with E-state index in [1.807, 2.05) is 19.7 Å². The number of nitrogen functional groups attached to an aromatic ring is 1. The zero-order valence-electron chi connectivity index (χ0n) is 15.7. The van der Waals surface area contributed by atoms with Gasteiger partial charge in [0.25, 0.3) is 0 Å². The molecule has 0 fully saturated rings. The average molecular weight is 428 g/mol. The number of nitrogens with two attached hydrogens (primary N) is 1. The Morgan fingerprint density at radius 2 is 2.14 bits per heavy atom. The lowest BCUT2D eigenvalue weighted by Gasteiger charge is -2.13. The molecule has 8 nitrogen and oxygen atoms in total. The molecule has 0 aromatic carbocycles. The number of amides is 2. The van der Waals surface area contributed by atoms with Crippen molar-refractivity contribution in [3.8, 4) is 11.3 Å². The number of hydrogen-bond donors (Lipinski definition) is 4. The number of carbonyl (C=O) groups excluding carboxylic acids is 1. The summed E-state index contributed by atoms with van der Waals surface area (Å²) in [6.45, 7) is 3.88. The number of pyridine rings is 3. The van der Waals surface area contributed by atoms with Crippen LogP contribution in [0.1, 0.15) is 5.56 Å². The molecule has 0 saturated heterocycles. The number of allylic oxidation sites excluding steroid dienone is 1. The molecule has 0 radical (unpaired) electrons. The molecule has 0 spiro atoms. The molecule has 3 rings (SSSR count). The lowest BCUT2D eigenvalue weighted by atomic mass is 10.1. The van der Waals surface area contributed by atoms with Gasteiger partial charge in [0.05, 0.1) is 16.4 Å². The van der Waals surface area contributed by atoms with E-state index >= 15 is 0 Å². The predicted molar refractivity (Wildman–Crippen MR) is 120 cm³/mol. The van der Waals surface area contributed by atoms with Gasteiger partial charge in [0.2, 0.25) is 0 Å². The minimum Gasteiger partial charge on any atom is -0.383 e. The van der Waals surface area contributed by atoms with Crippen LogP contribution in [0.5, 0.6) is 0 Å². The van der Waals surface area contributed by atoms with Crippen LogP contribution >= 0.6 is 20.2 Å². The zero-order valence-corrected chi connectivity index (χ0v) is 17.5. The molecule has 2 amide bonds. The summed E-state index contributed by atoms with van der Waals surface area (Å²) in [4.78, 5) is 25.0. The fourth-order valence-corrected chi connectivity index (χ4v) is 3.47. The van der Waals surface area contributed by atoms with Crippen molar-refractivity contribution in [2.24, 2.45) is 0 Å². The molecule has 3 heterocycles. The van der Waals surface area contributed by atoms with Crippen LogP contribution in [-0.2, 0) is 0 Å². The van der Waals surface area contributed by atoms with Gasteiger partial charge in [-0.3, -0.25) is 10.3 Å². The SMILES string of the molecule is CP/C=C(\C=N)NC(=O)Nc1cc2c(Cl)c(-c3cnccc3C)nc(N)c2cn1. The van der Waals surface area contributed by atoms with E-state index in [0.717, 1.165) is 17.3 Å². The molecular weight excluding hydrogens is 409 g/mol. The Balaban J connectivity index is 2.00. The van der Waals surface area contributed by atoms with Crippen molar-refractivity contribution in [3.63, 3.8) is 0 Å². The summed E-state index contributed by atoms with van der Waals surface area (Å²) in [6.07, 6.45) is 5.97. The van der Waals surface area contributed by atoms with Gasteiger partial charge >= 0.3 is 6.03 Å². The fourth-order valence-electron chi connectivity index (χ4n) is 2.71. The first-order valence-electron chi connectivity index (χ1n) is 8.56. The summed E-state index contributed by atoms with van der Waals surface area (Å²) in [7, 11) is 0.465. The van der Waals surface area contributed by atoms with E-state index in [0.29, 0.717) is 41.6 Å². The van der Waals surface area contributed by atoms with Crippen LogP contribution in [0.3, 0.4) is 0 Å². The van der Waals surface area contributed by atoms with Gasteiger partial charge in [-0.1, -0.05) is 20.2 Å². The predicted octanol–water partition coefficient (Wildman–Crippen LogP) is 4.16. The fraction of sp³-hybridized carbons (Fsp3) is 0.105. The molecule has 10 heteroatoms. The first-order chi connectivity index (χ1) is 13.9. The molecule has 29 heavy (non-hydrogen) atoms. The van der Waals surface area contributed by atoms with Gasteiger partial charge in [-0.2, -0.15) is 0 Å². The molecule has 0 aliphatic heterocycles. The number of carbonyl (C=O) groups is 1. The van der Waals surface area contributed by atoms with E-state index in [9.17, 15) is 4.79 Å². The highest BCUT2D eigenvalue weighted by molar-refractivity contribution is 7.40. The second-order valence-corrected chi connectivity index (χ2v) is 7.32. The minimum atomic E-state index is -0.508. The highest BCUT2D eigenvalue weighted by atomic mass is 35.5. The van der Waals surface area contributed by atoms with Crippen molar-refractivity contribution in [2.75, 3.05) is 17.7 Å². The first-order valence-corrected chi connectivity index (χ1v) is 10.5. The normalized spacial score (nSPS) is 11.8. The van der Waals surface area contributed by atoms with Crippen molar-refractivity contribution in [2.45, 2.75) is 6.92 Å². The number of aryl methyl sites for hydroxylation is 1. The highest BCUT2D eigenvalue weighted by Crippen LogP contribution is 2.36. The lowest BCUT2D eigenvalue weighted by Crippen LogP contribution is -2.28. The van der Waals surface area contributed by atoms with Crippen LogP contribution in [0.15, 0.2) is 42.2 Å². The van der Waals surface area contributed by atoms with Crippen LogP contribution in [0.4, 0.5) is 16.4 Å². The van der Waals surface area contributed by atoms with E-state index in [4.69, 9.17) is 22.7 Å². The number of halogens is 1. The van der Waals surface area contributed by atoms with Crippen molar-refractivity contribution < 1.29 is 4.79 Å². The quantitative estimate of drug-likeness (QED) is 0.359. The Morgan fingerprint density at radius 3 is 2.83 bits per heavy atom. The molecular formula is C19H19ClN7OP. The molecule has 148 valence electrons. The number of anilines is 2. The topological polar surface area (TPSA) is 130 Å². The number of fused-ring (bicyclic) bond motifs is 1.